The van der Waals surface area contributed by atoms with Gasteiger partial charge >= 0.3 is 0 Å². The molecule has 5 nitrogen and oxygen atoms in total. The number of aromatic nitrogens is 3. The van der Waals surface area contributed by atoms with Crippen molar-refractivity contribution in [2.45, 2.75) is 6.54 Å². The van der Waals surface area contributed by atoms with Crippen LogP contribution in [0.4, 0.5) is 17.5 Å². The van der Waals surface area contributed by atoms with Crippen LogP contribution in [0.5, 0.6) is 0 Å². The van der Waals surface area contributed by atoms with E-state index in [0.29, 0.717) is 12.5 Å². The SMILES string of the molecule is CN(c1ccccc1)c1nccc(NCc2ccccn2)n1. The number of anilines is 3. The molecule has 3 aromatic rings. The van der Waals surface area contributed by atoms with Crippen molar-refractivity contribution in [2.75, 3.05) is 17.3 Å². The molecule has 0 saturated heterocycles. The fourth-order valence-corrected chi connectivity index (χ4v) is 2.06. The summed E-state index contributed by atoms with van der Waals surface area (Å²) in [5.41, 5.74) is 2.02. The molecule has 0 aliphatic carbocycles. The maximum atomic E-state index is 4.54. The summed E-state index contributed by atoms with van der Waals surface area (Å²) in [5, 5.41) is 3.27. The first-order valence-corrected chi connectivity index (χ1v) is 7.08. The van der Waals surface area contributed by atoms with Crippen molar-refractivity contribution in [1.82, 2.24) is 15.0 Å². The van der Waals surface area contributed by atoms with Crippen molar-refractivity contribution in [2.24, 2.45) is 0 Å². The highest BCUT2D eigenvalue weighted by atomic mass is 15.2. The molecule has 0 aliphatic rings. The molecule has 0 spiro atoms. The molecular formula is C17H17N5. The molecule has 0 amide bonds. The number of hydrogen-bond acceptors (Lipinski definition) is 5. The highest BCUT2D eigenvalue weighted by molar-refractivity contribution is 5.57. The van der Waals surface area contributed by atoms with E-state index in [1.807, 2.05) is 66.5 Å². The van der Waals surface area contributed by atoms with Crippen LogP contribution in [0.2, 0.25) is 0 Å². The van der Waals surface area contributed by atoms with Gasteiger partial charge in [0, 0.05) is 25.1 Å². The molecule has 0 bridgehead atoms. The Labute approximate surface area is 129 Å². The number of rotatable bonds is 5. The van der Waals surface area contributed by atoms with Crippen molar-refractivity contribution in [3.63, 3.8) is 0 Å². The van der Waals surface area contributed by atoms with Gasteiger partial charge in [0.15, 0.2) is 0 Å². The number of hydrogen-bond donors (Lipinski definition) is 1. The number of nitrogens with zero attached hydrogens (tertiary/aromatic N) is 4. The van der Waals surface area contributed by atoms with Crippen LogP contribution in [0.15, 0.2) is 67.0 Å². The van der Waals surface area contributed by atoms with E-state index >= 15 is 0 Å². The zero-order chi connectivity index (χ0) is 15.2. The van der Waals surface area contributed by atoms with Gasteiger partial charge in [-0.3, -0.25) is 4.98 Å². The first kappa shape index (κ1) is 14.0. The summed E-state index contributed by atoms with van der Waals surface area (Å²) in [4.78, 5) is 15.1. The summed E-state index contributed by atoms with van der Waals surface area (Å²) in [6, 6.07) is 17.7. The van der Waals surface area contributed by atoms with Gasteiger partial charge in [-0.2, -0.15) is 4.98 Å². The van der Waals surface area contributed by atoms with E-state index in [2.05, 4.69) is 20.3 Å². The van der Waals surface area contributed by atoms with E-state index in [1.54, 1.807) is 12.4 Å². The summed E-state index contributed by atoms with van der Waals surface area (Å²) in [6.07, 6.45) is 3.54. The van der Waals surface area contributed by atoms with Gasteiger partial charge in [-0.05, 0) is 30.3 Å². The molecule has 2 aromatic heterocycles. The predicted octanol–water partition coefficient (Wildman–Crippen LogP) is 3.25. The maximum absolute atomic E-state index is 4.54. The van der Waals surface area contributed by atoms with Gasteiger partial charge in [-0.1, -0.05) is 24.3 Å². The van der Waals surface area contributed by atoms with Crippen molar-refractivity contribution in [3.8, 4) is 0 Å². The molecule has 2 heterocycles. The lowest BCUT2D eigenvalue weighted by molar-refractivity contribution is 0.998. The van der Waals surface area contributed by atoms with Crippen molar-refractivity contribution >= 4 is 17.5 Å². The third-order valence-corrected chi connectivity index (χ3v) is 3.26. The topological polar surface area (TPSA) is 53.9 Å². The minimum Gasteiger partial charge on any atom is -0.364 e. The number of para-hydroxylation sites is 1. The Morgan fingerprint density at radius 2 is 1.73 bits per heavy atom. The quantitative estimate of drug-likeness (QED) is 0.782. The summed E-state index contributed by atoms with van der Waals surface area (Å²) < 4.78 is 0. The molecule has 1 N–H and O–H groups in total. The van der Waals surface area contributed by atoms with Crippen LogP contribution < -0.4 is 10.2 Å². The summed E-state index contributed by atoms with van der Waals surface area (Å²) in [5.74, 6) is 1.43. The lowest BCUT2D eigenvalue weighted by atomic mass is 10.3. The van der Waals surface area contributed by atoms with Crippen LogP contribution in [0, 0.1) is 0 Å². The van der Waals surface area contributed by atoms with Gasteiger partial charge in [0.25, 0.3) is 0 Å². The number of benzene rings is 1. The second-order valence-electron chi connectivity index (χ2n) is 4.81. The predicted molar refractivity (Wildman–Crippen MR) is 88.1 cm³/mol. The molecule has 1 aromatic carbocycles. The maximum Gasteiger partial charge on any atom is 0.231 e. The largest absolute Gasteiger partial charge is 0.364 e. The molecule has 0 radical (unpaired) electrons. The molecule has 5 heteroatoms. The van der Waals surface area contributed by atoms with E-state index in [1.165, 1.54) is 0 Å². The summed E-state index contributed by atoms with van der Waals surface area (Å²) in [6.45, 7) is 0.631. The molecule has 3 rings (SSSR count). The Bertz CT molecular complexity index is 715. The molecule has 0 fully saturated rings. The van der Waals surface area contributed by atoms with Gasteiger partial charge in [-0.15, -0.1) is 0 Å². The second kappa shape index (κ2) is 6.67. The van der Waals surface area contributed by atoms with Gasteiger partial charge in [-0.25, -0.2) is 4.98 Å². The monoisotopic (exact) mass is 291 g/mol. The first-order chi connectivity index (χ1) is 10.8. The highest BCUT2D eigenvalue weighted by Crippen LogP contribution is 2.20. The fourth-order valence-electron chi connectivity index (χ4n) is 2.06. The third-order valence-electron chi connectivity index (χ3n) is 3.26. The van der Waals surface area contributed by atoms with Crippen LogP contribution in [0.25, 0.3) is 0 Å². The van der Waals surface area contributed by atoms with E-state index in [0.717, 1.165) is 17.2 Å². The average molecular weight is 291 g/mol. The van der Waals surface area contributed by atoms with Crippen LogP contribution in [-0.2, 0) is 6.54 Å². The van der Waals surface area contributed by atoms with Gasteiger partial charge < -0.3 is 10.2 Å². The van der Waals surface area contributed by atoms with Crippen molar-refractivity contribution < 1.29 is 0 Å². The van der Waals surface area contributed by atoms with Crippen molar-refractivity contribution in [3.05, 3.63) is 72.7 Å². The average Bonchev–Trinajstić information content (AvgIpc) is 2.61. The zero-order valence-electron chi connectivity index (χ0n) is 12.3. The Morgan fingerprint density at radius 1 is 0.909 bits per heavy atom. The Balaban J connectivity index is 1.72. The number of nitrogens with one attached hydrogen (secondary N) is 1. The van der Waals surface area contributed by atoms with Gasteiger partial charge in [0.05, 0.1) is 12.2 Å². The van der Waals surface area contributed by atoms with Crippen LogP contribution in [-0.4, -0.2) is 22.0 Å². The lowest BCUT2D eigenvalue weighted by Gasteiger charge is -2.17. The molecule has 0 unspecified atom stereocenters. The summed E-state index contributed by atoms with van der Waals surface area (Å²) >= 11 is 0. The van der Waals surface area contributed by atoms with E-state index in [4.69, 9.17) is 0 Å². The fraction of sp³-hybridized carbons (Fsp3) is 0.118. The van der Waals surface area contributed by atoms with E-state index in [-0.39, 0.29) is 0 Å². The van der Waals surface area contributed by atoms with Crippen LogP contribution in [0.3, 0.4) is 0 Å². The third kappa shape index (κ3) is 3.38. The van der Waals surface area contributed by atoms with Gasteiger partial charge in [0.1, 0.15) is 5.82 Å². The number of pyridine rings is 1. The highest BCUT2D eigenvalue weighted by Gasteiger charge is 2.07. The standard InChI is InChI=1S/C17H17N5/c1-22(15-8-3-2-4-9-15)17-19-12-10-16(21-17)20-13-14-7-5-6-11-18-14/h2-12H,13H2,1H3,(H,19,20,21). The lowest BCUT2D eigenvalue weighted by Crippen LogP contribution is -2.14. The normalized spacial score (nSPS) is 10.2. The molecular weight excluding hydrogens is 274 g/mol. The molecule has 0 aliphatic heterocycles. The second-order valence-corrected chi connectivity index (χ2v) is 4.81. The first-order valence-electron chi connectivity index (χ1n) is 7.08. The molecule has 110 valence electrons. The Morgan fingerprint density at radius 3 is 2.50 bits per heavy atom. The van der Waals surface area contributed by atoms with Crippen molar-refractivity contribution in [1.29, 1.82) is 0 Å². The van der Waals surface area contributed by atoms with Gasteiger partial charge in [0.2, 0.25) is 5.95 Å². The Kier molecular flexibility index (Phi) is 4.25. The zero-order valence-corrected chi connectivity index (χ0v) is 12.3. The molecule has 22 heavy (non-hydrogen) atoms. The van der Waals surface area contributed by atoms with Crippen LogP contribution >= 0.6 is 0 Å². The Hall–Kier alpha value is -2.95. The minimum atomic E-state index is 0.631. The van der Waals surface area contributed by atoms with E-state index in [9.17, 15) is 0 Å². The van der Waals surface area contributed by atoms with Crippen LogP contribution in [0.1, 0.15) is 5.69 Å². The van der Waals surface area contributed by atoms with E-state index < -0.39 is 0 Å². The molecule has 0 saturated carbocycles. The smallest absolute Gasteiger partial charge is 0.231 e. The summed E-state index contributed by atoms with van der Waals surface area (Å²) in [7, 11) is 1.95. The minimum absolute atomic E-state index is 0.631. The molecule has 0 atom stereocenters.